The fraction of sp³-hybridized carbons (Fsp3) is 0.462. The van der Waals surface area contributed by atoms with Gasteiger partial charge in [0.1, 0.15) is 0 Å². The molecule has 2 atom stereocenters. The molecule has 17 heavy (non-hydrogen) atoms. The highest BCUT2D eigenvalue weighted by Crippen LogP contribution is 2.34. The van der Waals surface area contributed by atoms with Crippen molar-refractivity contribution >= 4 is 5.65 Å². The second kappa shape index (κ2) is 4.37. The lowest BCUT2D eigenvalue weighted by molar-refractivity contribution is 0.112. The van der Waals surface area contributed by atoms with Gasteiger partial charge in [-0.1, -0.05) is 0 Å². The van der Waals surface area contributed by atoms with Crippen molar-refractivity contribution in [2.45, 2.75) is 19.4 Å². The van der Waals surface area contributed by atoms with Crippen LogP contribution in [0.2, 0.25) is 0 Å². The van der Waals surface area contributed by atoms with E-state index in [-0.39, 0.29) is 0 Å². The predicted octanol–water partition coefficient (Wildman–Crippen LogP) is 2.14. The normalized spacial score (nSPS) is 22.9. The molecule has 90 valence electrons. The van der Waals surface area contributed by atoms with Crippen molar-refractivity contribution < 1.29 is 9.47 Å². The minimum absolute atomic E-state index is 0.402. The zero-order chi connectivity index (χ0) is 11.7. The van der Waals surface area contributed by atoms with Gasteiger partial charge in [-0.15, -0.1) is 0 Å². The first kappa shape index (κ1) is 10.6. The van der Waals surface area contributed by atoms with E-state index < -0.39 is 0 Å². The van der Waals surface area contributed by atoms with Crippen molar-refractivity contribution in [2.24, 2.45) is 5.92 Å². The minimum Gasteiger partial charge on any atom is -0.489 e. The minimum atomic E-state index is 0.402. The molecule has 2 aromatic rings. The van der Waals surface area contributed by atoms with Crippen LogP contribution < -0.4 is 4.74 Å². The standard InChI is InChI=1S/C13H16N2O2/c1-2-16-12-8-10(12)9-17-11-4-3-6-15-7-5-14-13(11)15/h3-7,10,12H,2,8-9H2,1H3. The summed E-state index contributed by atoms with van der Waals surface area (Å²) in [4.78, 5) is 4.28. The molecule has 1 fully saturated rings. The molecular weight excluding hydrogens is 216 g/mol. The lowest BCUT2D eigenvalue weighted by atomic mass is 10.4. The van der Waals surface area contributed by atoms with Crippen LogP contribution in [0.4, 0.5) is 0 Å². The SMILES string of the molecule is CCOC1CC1COc1cccn2ccnc12. The van der Waals surface area contributed by atoms with E-state index in [4.69, 9.17) is 9.47 Å². The van der Waals surface area contributed by atoms with Crippen LogP contribution in [0.3, 0.4) is 0 Å². The van der Waals surface area contributed by atoms with Gasteiger partial charge in [0.05, 0.1) is 12.7 Å². The largest absolute Gasteiger partial charge is 0.489 e. The van der Waals surface area contributed by atoms with Crippen LogP contribution in [0, 0.1) is 5.92 Å². The van der Waals surface area contributed by atoms with E-state index in [1.807, 2.05) is 35.9 Å². The molecule has 0 amide bonds. The van der Waals surface area contributed by atoms with Gasteiger partial charge < -0.3 is 13.9 Å². The molecule has 4 heteroatoms. The summed E-state index contributed by atoms with van der Waals surface area (Å²) in [5.74, 6) is 1.39. The van der Waals surface area contributed by atoms with Gasteiger partial charge in [0.25, 0.3) is 0 Å². The quantitative estimate of drug-likeness (QED) is 0.792. The fourth-order valence-corrected chi connectivity index (χ4v) is 2.04. The smallest absolute Gasteiger partial charge is 0.179 e. The second-order valence-electron chi connectivity index (χ2n) is 4.33. The van der Waals surface area contributed by atoms with Crippen LogP contribution in [-0.2, 0) is 4.74 Å². The number of rotatable bonds is 5. The fourth-order valence-electron chi connectivity index (χ4n) is 2.04. The highest BCUT2D eigenvalue weighted by Gasteiger charge is 2.38. The van der Waals surface area contributed by atoms with Crippen LogP contribution in [0.5, 0.6) is 5.75 Å². The molecule has 0 bridgehead atoms. The van der Waals surface area contributed by atoms with Gasteiger partial charge in [-0.2, -0.15) is 0 Å². The molecule has 0 radical (unpaired) electrons. The monoisotopic (exact) mass is 232 g/mol. The summed E-state index contributed by atoms with van der Waals surface area (Å²) in [7, 11) is 0. The molecule has 0 N–H and O–H groups in total. The molecule has 0 spiro atoms. The first-order valence-corrected chi connectivity index (χ1v) is 6.04. The Balaban J connectivity index is 1.64. The zero-order valence-electron chi connectivity index (χ0n) is 9.87. The molecule has 0 aromatic carbocycles. The maximum Gasteiger partial charge on any atom is 0.179 e. The molecule has 1 aliphatic carbocycles. The van der Waals surface area contributed by atoms with Gasteiger partial charge >= 0.3 is 0 Å². The van der Waals surface area contributed by atoms with E-state index in [0.29, 0.717) is 12.0 Å². The Kier molecular flexibility index (Phi) is 2.73. The van der Waals surface area contributed by atoms with Crippen molar-refractivity contribution in [1.29, 1.82) is 0 Å². The number of imidazole rings is 1. The third-order valence-electron chi connectivity index (χ3n) is 3.07. The summed E-state index contributed by atoms with van der Waals surface area (Å²) in [6.07, 6.45) is 7.19. The van der Waals surface area contributed by atoms with Crippen LogP contribution in [-0.4, -0.2) is 28.7 Å². The topological polar surface area (TPSA) is 35.8 Å². The van der Waals surface area contributed by atoms with Gasteiger partial charge in [-0.25, -0.2) is 4.98 Å². The first-order valence-electron chi connectivity index (χ1n) is 6.04. The van der Waals surface area contributed by atoms with Gasteiger partial charge in [-0.05, 0) is 25.5 Å². The molecule has 0 saturated heterocycles. The first-order chi connectivity index (χ1) is 8.38. The second-order valence-corrected chi connectivity index (χ2v) is 4.33. The molecule has 2 unspecified atom stereocenters. The molecule has 3 rings (SSSR count). The van der Waals surface area contributed by atoms with Gasteiger partial charge in [0, 0.05) is 31.1 Å². The van der Waals surface area contributed by atoms with Gasteiger partial charge in [-0.3, -0.25) is 0 Å². The molecule has 1 saturated carbocycles. The van der Waals surface area contributed by atoms with E-state index in [0.717, 1.165) is 31.0 Å². The number of nitrogens with zero attached hydrogens (tertiary/aromatic N) is 2. The highest BCUT2D eigenvalue weighted by atomic mass is 16.5. The number of hydrogen-bond donors (Lipinski definition) is 0. The maximum atomic E-state index is 5.81. The van der Waals surface area contributed by atoms with E-state index >= 15 is 0 Å². The maximum absolute atomic E-state index is 5.81. The van der Waals surface area contributed by atoms with Crippen molar-refractivity contribution in [2.75, 3.05) is 13.2 Å². The Morgan fingerprint density at radius 3 is 3.29 bits per heavy atom. The molecular formula is C13H16N2O2. The Labute approximate surface area is 100 Å². The van der Waals surface area contributed by atoms with Gasteiger partial charge in [0.15, 0.2) is 11.4 Å². The number of fused-ring (bicyclic) bond motifs is 1. The van der Waals surface area contributed by atoms with Crippen LogP contribution in [0.1, 0.15) is 13.3 Å². The predicted molar refractivity (Wildman–Crippen MR) is 64.2 cm³/mol. The van der Waals surface area contributed by atoms with Crippen LogP contribution in [0.25, 0.3) is 5.65 Å². The molecule has 4 nitrogen and oxygen atoms in total. The van der Waals surface area contributed by atoms with E-state index in [1.54, 1.807) is 6.20 Å². The van der Waals surface area contributed by atoms with E-state index in [9.17, 15) is 0 Å². The van der Waals surface area contributed by atoms with Crippen LogP contribution in [0.15, 0.2) is 30.7 Å². The summed E-state index contributed by atoms with van der Waals surface area (Å²) in [5, 5.41) is 0. The van der Waals surface area contributed by atoms with E-state index in [2.05, 4.69) is 4.98 Å². The van der Waals surface area contributed by atoms with Gasteiger partial charge in [0.2, 0.25) is 0 Å². The van der Waals surface area contributed by atoms with Crippen LogP contribution >= 0.6 is 0 Å². The van der Waals surface area contributed by atoms with Crippen molar-refractivity contribution in [1.82, 2.24) is 9.38 Å². The summed E-state index contributed by atoms with van der Waals surface area (Å²) < 4.78 is 13.3. The molecule has 2 heterocycles. The molecule has 2 aromatic heterocycles. The molecule has 1 aliphatic rings. The van der Waals surface area contributed by atoms with Crippen molar-refractivity contribution in [3.8, 4) is 5.75 Å². The third-order valence-corrected chi connectivity index (χ3v) is 3.07. The Morgan fingerprint density at radius 2 is 2.41 bits per heavy atom. The molecule has 0 aliphatic heterocycles. The summed E-state index contributed by atoms with van der Waals surface area (Å²) in [6, 6.07) is 3.93. The average molecular weight is 232 g/mol. The Hall–Kier alpha value is -1.55. The Bertz CT molecular complexity index is 509. The highest BCUT2D eigenvalue weighted by molar-refractivity contribution is 5.53. The number of pyridine rings is 1. The number of ether oxygens (including phenoxy) is 2. The Morgan fingerprint density at radius 1 is 1.47 bits per heavy atom. The lowest BCUT2D eigenvalue weighted by Gasteiger charge is -2.06. The van der Waals surface area contributed by atoms with E-state index in [1.165, 1.54) is 0 Å². The average Bonchev–Trinajstić information content (AvgIpc) is 2.90. The summed E-state index contributed by atoms with van der Waals surface area (Å²) >= 11 is 0. The third kappa shape index (κ3) is 2.13. The summed E-state index contributed by atoms with van der Waals surface area (Å²) in [5.41, 5.74) is 0.876. The summed E-state index contributed by atoms with van der Waals surface area (Å²) in [6.45, 7) is 3.54. The van der Waals surface area contributed by atoms with Crippen molar-refractivity contribution in [3.05, 3.63) is 30.7 Å². The lowest BCUT2D eigenvalue weighted by Crippen LogP contribution is -2.06. The zero-order valence-corrected chi connectivity index (χ0v) is 9.87. The number of hydrogen-bond acceptors (Lipinski definition) is 3. The van der Waals surface area contributed by atoms with Crippen molar-refractivity contribution in [3.63, 3.8) is 0 Å². The number of aromatic nitrogens is 2.